The minimum atomic E-state index is -4.54. The minimum Gasteiger partial charge on any atom is -0.381 e. The van der Waals surface area contributed by atoms with Crippen LogP contribution in [-0.2, 0) is 12.6 Å². The molecule has 0 spiro atoms. The van der Waals surface area contributed by atoms with Gasteiger partial charge in [-0.05, 0) is 36.4 Å². The van der Waals surface area contributed by atoms with Crippen LogP contribution in [-0.4, -0.2) is 21.7 Å². The molecule has 11 heteroatoms. The van der Waals surface area contributed by atoms with Crippen LogP contribution >= 0.6 is 0 Å². The lowest BCUT2D eigenvalue weighted by molar-refractivity contribution is -0.137. The average Bonchev–Trinajstić information content (AvgIpc) is 3.09. The number of alkyl halides is 3. The summed E-state index contributed by atoms with van der Waals surface area (Å²) in [4.78, 5) is 9.73. The van der Waals surface area contributed by atoms with Crippen molar-refractivity contribution in [2.45, 2.75) is 25.7 Å². The van der Waals surface area contributed by atoms with E-state index in [1.807, 2.05) is 0 Å². The van der Waals surface area contributed by atoms with Gasteiger partial charge in [0, 0.05) is 18.2 Å². The Morgan fingerprint density at radius 3 is 2.35 bits per heavy atom. The molecule has 0 saturated carbocycles. The second kappa shape index (κ2) is 7.34. The zero-order valence-corrected chi connectivity index (χ0v) is 16.2. The number of aryl methyl sites for hydroxylation is 1. The molecule has 1 unspecified atom stereocenters. The topological polar surface area (TPSA) is 85.5 Å². The van der Waals surface area contributed by atoms with Gasteiger partial charge in [-0.1, -0.05) is 6.92 Å². The number of rotatable bonds is 2. The highest BCUT2D eigenvalue weighted by Crippen LogP contribution is 2.33. The highest BCUT2D eigenvalue weighted by molar-refractivity contribution is 6.04. The third-order valence-corrected chi connectivity index (χ3v) is 4.89. The molecule has 4 rings (SSSR count). The molecule has 1 aliphatic rings. The van der Waals surface area contributed by atoms with Gasteiger partial charge in [0.2, 0.25) is 5.96 Å². The standard InChI is InChI=1S/C20H17F5N6/c1-2-15-28-13-8-5-11(21)9-14(13)31(15)19-29-17(26)16(22)18(27)30(19)12-6-3-10(4-7-12)20(23,24)25/h3-9,18H,2,26-27H2,1H3. The smallest absolute Gasteiger partial charge is 0.381 e. The molecule has 0 radical (unpaired) electrons. The number of halogens is 5. The van der Waals surface area contributed by atoms with E-state index in [9.17, 15) is 22.0 Å². The molecule has 4 N–H and O–H groups in total. The third-order valence-electron chi connectivity index (χ3n) is 4.89. The van der Waals surface area contributed by atoms with Crippen LogP contribution in [0.3, 0.4) is 0 Å². The van der Waals surface area contributed by atoms with E-state index in [0.717, 1.165) is 24.3 Å². The first-order chi connectivity index (χ1) is 14.6. The molecule has 6 nitrogen and oxygen atoms in total. The van der Waals surface area contributed by atoms with Crippen LogP contribution in [0.2, 0.25) is 0 Å². The van der Waals surface area contributed by atoms with Crippen molar-refractivity contribution in [2.24, 2.45) is 16.5 Å². The van der Waals surface area contributed by atoms with Crippen LogP contribution in [0, 0.1) is 5.82 Å². The van der Waals surface area contributed by atoms with Gasteiger partial charge in [0.1, 0.15) is 17.8 Å². The Hall–Kier alpha value is -3.47. The minimum absolute atomic E-state index is 0.00360. The number of benzene rings is 2. The van der Waals surface area contributed by atoms with Gasteiger partial charge in [-0.3, -0.25) is 9.47 Å². The molecule has 0 amide bonds. The fraction of sp³-hybridized carbons (Fsp3) is 0.200. The van der Waals surface area contributed by atoms with Crippen molar-refractivity contribution in [1.82, 2.24) is 9.55 Å². The first kappa shape index (κ1) is 20.8. The number of nitrogens with zero attached hydrogens (tertiary/aromatic N) is 4. The first-order valence-corrected chi connectivity index (χ1v) is 9.25. The number of anilines is 1. The summed E-state index contributed by atoms with van der Waals surface area (Å²) >= 11 is 0. The summed E-state index contributed by atoms with van der Waals surface area (Å²) in [6.07, 6.45) is -5.60. The van der Waals surface area contributed by atoms with Gasteiger partial charge in [0.05, 0.1) is 16.6 Å². The van der Waals surface area contributed by atoms with E-state index in [4.69, 9.17) is 11.5 Å². The van der Waals surface area contributed by atoms with Crippen molar-refractivity contribution in [3.8, 4) is 0 Å². The van der Waals surface area contributed by atoms with Crippen molar-refractivity contribution < 1.29 is 22.0 Å². The predicted octanol–water partition coefficient (Wildman–Crippen LogP) is 3.86. The van der Waals surface area contributed by atoms with Gasteiger partial charge in [-0.25, -0.2) is 13.8 Å². The Morgan fingerprint density at radius 2 is 1.74 bits per heavy atom. The van der Waals surface area contributed by atoms with Gasteiger partial charge in [-0.15, -0.1) is 0 Å². The number of imidazole rings is 1. The van der Waals surface area contributed by atoms with E-state index in [1.54, 1.807) is 6.92 Å². The van der Waals surface area contributed by atoms with Crippen LogP contribution in [0.25, 0.3) is 11.0 Å². The van der Waals surface area contributed by atoms with Crippen molar-refractivity contribution in [3.05, 3.63) is 71.3 Å². The Bertz CT molecular complexity index is 1210. The quantitative estimate of drug-likeness (QED) is 0.598. The normalized spacial score (nSPS) is 17.5. The number of nitrogens with two attached hydrogens (primary N) is 2. The molecular weight excluding hydrogens is 419 g/mol. The molecule has 1 aromatic heterocycles. The summed E-state index contributed by atoms with van der Waals surface area (Å²) in [5, 5.41) is 0. The molecule has 162 valence electrons. The molecule has 31 heavy (non-hydrogen) atoms. The van der Waals surface area contributed by atoms with E-state index in [2.05, 4.69) is 9.98 Å². The Morgan fingerprint density at radius 1 is 1.06 bits per heavy atom. The molecule has 0 aliphatic carbocycles. The van der Waals surface area contributed by atoms with E-state index in [0.29, 0.717) is 23.3 Å². The third kappa shape index (κ3) is 3.50. The zero-order chi connectivity index (χ0) is 22.5. The molecule has 1 atom stereocenters. The summed E-state index contributed by atoms with van der Waals surface area (Å²) in [5.74, 6) is -1.51. The fourth-order valence-corrected chi connectivity index (χ4v) is 3.41. The number of fused-ring (bicyclic) bond motifs is 1. The maximum absolute atomic E-state index is 14.6. The lowest BCUT2D eigenvalue weighted by Crippen LogP contribution is -2.52. The molecule has 1 aliphatic heterocycles. The van der Waals surface area contributed by atoms with Gasteiger partial charge in [-0.2, -0.15) is 18.2 Å². The van der Waals surface area contributed by atoms with Crippen LogP contribution in [0.5, 0.6) is 0 Å². The Labute approximate surface area is 173 Å². The number of hydrogen-bond donors (Lipinski definition) is 2. The van der Waals surface area contributed by atoms with Crippen LogP contribution in [0.15, 0.2) is 59.1 Å². The first-order valence-electron chi connectivity index (χ1n) is 9.25. The zero-order valence-electron chi connectivity index (χ0n) is 16.2. The Kier molecular flexibility index (Phi) is 4.92. The summed E-state index contributed by atoms with van der Waals surface area (Å²) in [6.45, 7) is 1.81. The molecule has 3 aromatic rings. The summed E-state index contributed by atoms with van der Waals surface area (Å²) < 4.78 is 68.9. The van der Waals surface area contributed by atoms with E-state index in [1.165, 1.54) is 27.7 Å². The highest BCUT2D eigenvalue weighted by Gasteiger charge is 2.35. The van der Waals surface area contributed by atoms with Crippen LogP contribution < -0.4 is 16.4 Å². The number of hydrogen-bond acceptors (Lipinski definition) is 5. The number of aromatic nitrogens is 2. The summed E-state index contributed by atoms with van der Waals surface area (Å²) in [5.41, 5.74) is 11.8. The van der Waals surface area contributed by atoms with Gasteiger partial charge in [0.25, 0.3) is 0 Å². The van der Waals surface area contributed by atoms with Crippen molar-refractivity contribution in [3.63, 3.8) is 0 Å². The van der Waals surface area contributed by atoms with Gasteiger partial charge >= 0.3 is 6.18 Å². The fourth-order valence-electron chi connectivity index (χ4n) is 3.41. The molecule has 0 saturated heterocycles. The van der Waals surface area contributed by atoms with E-state index in [-0.39, 0.29) is 11.6 Å². The molecule has 2 aromatic carbocycles. The summed E-state index contributed by atoms with van der Waals surface area (Å²) in [7, 11) is 0. The van der Waals surface area contributed by atoms with Gasteiger partial charge < -0.3 is 11.5 Å². The van der Waals surface area contributed by atoms with Crippen molar-refractivity contribution in [1.29, 1.82) is 0 Å². The van der Waals surface area contributed by atoms with Crippen molar-refractivity contribution >= 4 is 22.7 Å². The molecule has 0 fully saturated rings. The number of aliphatic imine (C=N–C) groups is 1. The Balaban J connectivity index is 1.93. The van der Waals surface area contributed by atoms with Crippen LogP contribution in [0.1, 0.15) is 18.3 Å². The summed E-state index contributed by atoms with van der Waals surface area (Å²) in [6, 6.07) is 7.96. The molecule has 0 bridgehead atoms. The monoisotopic (exact) mass is 436 g/mol. The molecular formula is C20H17F5N6. The largest absolute Gasteiger partial charge is 0.416 e. The van der Waals surface area contributed by atoms with Gasteiger partial charge in [0.15, 0.2) is 11.6 Å². The van der Waals surface area contributed by atoms with Crippen molar-refractivity contribution in [2.75, 3.05) is 4.90 Å². The van der Waals surface area contributed by atoms with E-state index < -0.39 is 35.4 Å². The second-order valence-electron chi connectivity index (χ2n) is 6.85. The maximum Gasteiger partial charge on any atom is 0.416 e. The predicted molar refractivity (Wildman–Crippen MR) is 106 cm³/mol. The lowest BCUT2D eigenvalue weighted by atomic mass is 10.1. The average molecular weight is 436 g/mol. The van der Waals surface area contributed by atoms with E-state index >= 15 is 0 Å². The highest BCUT2D eigenvalue weighted by atomic mass is 19.4. The molecule has 2 heterocycles. The van der Waals surface area contributed by atoms with Crippen LogP contribution in [0.4, 0.5) is 27.6 Å². The second-order valence-corrected chi connectivity index (χ2v) is 6.85. The maximum atomic E-state index is 14.6. The SMILES string of the molecule is CCc1nc2ccc(F)cc2n1C1=NC(N)=C(F)C(N)N1c1ccc(C(F)(F)F)cc1. The lowest BCUT2D eigenvalue weighted by Gasteiger charge is -2.34.